The highest BCUT2D eigenvalue weighted by Gasteiger charge is 2.47. The maximum Gasteiger partial charge on any atom is 0.293 e. The Morgan fingerprint density at radius 1 is 0.793 bits per heavy atom. The second kappa shape index (κ2) is 4.96. The second-order valence-corrected chi connectivity index (χ2v) is 8.84. The third kappa shape index (κ3) is 1.80. The zero-order chi connectivity index (χ0) is 19.3. The third-order valence-electron chi connectivity index (χ3n) is 6.91. The quantitative estimate of drug-likeness (QED) is 0.236. The van der Waals surface area contributed by atoms with Crippen molar-refractivity contribution in [2.24, 2.45) is 0 Å². The topological polar surface area (TPSA) is 13.1 Å². The Bertz CT molecular complexity index is 1530. The molecule has 2 aliphatic rings. The molecule has 5 aromatic rings. The highest BCUT2D eigenvalue weighted by molar-refractivity contribution is 6.06. The van der Waals surface area contributed by atoms with Gasteiger partial charge >= 0.3 is 0 Å². The zero-order valence-electron chi connectivity index (χ0n) is 16.5. The second-order valence-electron chi connectivity index (χ2n) is 8.84. The molecular formula is C27H20NO+. The number of pyridine rings is 1. The highest BCUT2D eigenvalue weighted by atomic mass is 16.5. The summed E-state index contributed by atoms with van der Waals surface area (Å²) in [5.41, 5.74) is 6.57. The summed E-state index contributed by atoms with van der Waals surface area (Å²) < 4.78 is 8.71. The molecule has 2 heteroatoms. The van der Waals surface area contributed by atoms with Gasteiger partial charge in [0.1, 0.15) is 5.75 Å². The molecule has 1 aliphatic heterocycles. The fourth-order valence-electron chi connectivity index (χ4n) is 5.56. The van der Waals surface area contributed by atoms with E-state index in [0.29, 0.717) is 6.73 Å². The van der Waals surface area contributed by atoms with E-state index in [1.165, 1.54) is 54.8 Å². The summed E-state index contributed by atoms with van der Waals surface area (Å²) >= 11 is 0. The summed E-state index contributed by atoms with van der Waals surface area (Å²) in [4.78, 5) is 0. The van der Waals surface area contributed by atoms with Crippen LogP contribution in [0.5, 0.6) is 5.75 Å². The van der Waals surface area contributed by atoms with E-state index >= 15 is 0 Å². The summed E-state index contributed by atoms with van der Waals surface area (Å²) in [6, 6.07) is 26.6. The minimum Gasteiger partial charge on any atom is -0.435 e. The molecule has 29 heavy (non-hydrogen) atoms. The van der Waals surface area contributed by atoms with Gasteiger partial charge in [0.15, 0.2) is 0 Å². The lowest BCUT2D eigenvalue weighted by molar-refractivity contribution is -0.693. The first kappa shape index (κ1) is 15.5. The van der Waals surface area contributed by atoms with E-state index in [0.717, 1.165) is 5.75 Å². The standard InChI is InChI=1S/C27H20NO/c1-27(2)21-13-18-9-5-6-10-22(18)28-15-29-23-14-19-11-16-7-3-4-8-17(16)12-20(19)25(27)24(23)26(21)28/h3-14H,15H2,1-2H3/q+1. The van der Waals surface area contributed by atoms with E-state index in [1.807, 2.05) is 0 Å². The number of benzene rings is 4. The molecule has 0 bridgehead atoms. The molecule has 0 fully saturated rings. The molecule has 0 saturated carbocycles. The van der Waals surface area contributed by atoms with Crippen LogP contribution in [0.2, 0.25) is 0 Å². The van der Waals surface area contributed by atoms with Gasteiger partial charge in [0.05, 0.1) is 5.56 Å². The minimum absolute atomic E-state index is 0.0825. The maximum atomic E-state index is 6.35. The molecule has 1 aliphatic carbocycles. The highest BCUT2D eigenvalue weighted by Crippen LogP contribution is 2.55. The molecule has 7 rings (SSSR count). The third-order valence-corrected chi connectivity index (χ3v) is 6.91. The summed E-state index contributed by atoms with van der Waals surface area (Å²) in [5, 5.41) is 6.44. The van der Waals surface area contributed by atoms with Crippen molar-refractivity contribution in [2.75, 3.05) is 0 Å². The molecule has 138 valence electrons. The normalized spacial score (nSPS) is 15.7. The Hall–Kier alpha value is -3.39. The first-order valence-electron chi connectivity index (χ1n) is 10.2. The SMILES string of the molecule is CC1(C)c2cc3ccccc3[n+]3c2-c2c(cc4cc5ccccc5cc4c21)OC3. The van der Waals surface area contributed by atoms with Crippen LogP contribution in [-0.4, -0.2) is 0 Å². The first-order chi connectivity index (χ1) is 14.1. The Labute approximate surface area is 169 Å². The van der Waals surface area contributed by atoms with Gasteiger partial charge < -0.3 is 4.74 Å². The monoisotopic (exact) mass is 374 g/mol. The van der Waals surface area contributed by atoms with Crippen LogP contribution >= 0.6 is 0 Å². The molecule has 0 atom stereocenters. The Balaban J connectivity index is 1.70. The van der Waals surface area contributed by atoms with Crippen molar-refractivity contribution in [3.63, 3.8) is 0 Å². The maximum absolute atomic E-state index is 6.35. The van der Waals surface area contributed by atoms with E-state index in [-0.39, 0.29) is 5.41 Å². The lowest BCUT2D eigenvalue weighted by Gasteiger charge is -2.22. The van der Waals surface area contributed by atoms with Gasteiger partial charge in [-0.25, -0.2) is 0 Å². The van der Waals surface area contributed by atoms with Crippen LogP contribution in [0.4, 0.5) is 0 Å². The van der Waals surface area contributed by atoms with Crippen molar-refractivity contribution in [3.05, 3.63) is 83.9 Å². The summed E-state index contributed by atoms with van der Waals surface area (Å²) in [6.45, 7) is 5.28. The van der Waals surface area contributed by atoms with Gasteiger partial charge in [-0.2, -0.15) is 4.57 Å². The molecule has 0 N–H and O–H groups in total. The van der Waals surface area contributed by atoms with Crippen molar-refractivity contribution in [3.8, 4) is 17.0 Å². The number of rotatable bonds is 0. The molecule has 0 radical (unpaired) electrons. The van der Waals surface area contributed by atoms with Crippen LogP contribution < -0.4 is 9.30 Å². The van der Waals surface area contributed by atoms with Gasteiger partial charge in [0.2, 0.25) is 11.2 Å². The van der Waals surface area contributed by atoms with Crippen molar-refractivity contribution in [1.82, 2.24) is 0 Å². The van der Waals surface area contributed by atoms with E-state index < -0.39 is 0 Å². The fourth-order valence-corrected chi connectivity index (χ4v) is 5.56. The van der Waals surface area contributed by atoms with Crippen LogP contribution in [0.1, 0.15) is 25.0 Å². The first-order valence-corrected chi connectivity index (χ1v) is 10.2. The van der Waals surface area contributed by atoms with Crippen LogP contribution in [0.3, 0.4) is 0 Å². The predicted octanol–water partition coefficient (Wildman–Crippen LogP) is 6.09. The fraction of sp³-hybridized carbons (Fsp3) is 0.148. The van der Waals surface area contributed by atoms with Crippen molar-refractivity contribution in [1.29, 1.82) is 0 Å². The molecule has 0 spiro atoms. The molecule has 2 nitrogen and oxygen atoms in total. The largest absolute Gasteiger partial charge is 0.435 e. The molecule has 4 aromatic carbocycles. The van der Waals surface area contributed by atoms with Crippen molar-refractivity contribution < 1.29 is 9.30 Å². The van der Waals surface area contributed by atoms with Gasteiger partial charge in [0, 0.05) is 22.4 Å². The van der Waals surface area contributed by atoms with Gasteiger partial charge in [0.25, 0.3) is 6.73 Å². The number of hydrogen-bond donors (Lipinski definition) is 0. The summed E-state index contributed by atoms with van der Waals surface area (Å²) in [6.07, 6.45) is 0. The lowest BCUT2D eigenvalue weighted by atomic mass is 9.79. The number of para-hydroxylation sites is 1. The van der Waals surface area contributed by atoms with Crippen LogP contribution in [0, 0.1) is 0 Å². The van der Waals surface area contributed by atoms with Crippen molar-refractivity contribution in [2.45, 2.75) is 26.0 Å². The molecule has 1 aromatic heterocycles. The van der Waals surface area contributed by atoms with E-state index in [9.17, 15) is 0 Å². The van der Waals surface area contributed by atoms with Crippen LogP contribution in [-0.2, 0) is 12.1 Å². The summed E-state index contributed by atoms with van der Waals surface area (Å²) in [5.74, 6) is 1.02. The number of fused-ring (bicyclic) bond motifs is 5. The molecule has 0 amide bonds. The van der Waals surface area contributed by atoms with E-state index in [4.69, 9.17) is 4.74 Å². The van der Waals surface area contributed by atoms with Crippen molar-refractivity contribution >= 4 is 32.4 Å². The minimum atomic E-state index is -0.0825. The zero-order valence-corrected chi connectivity index (χ0v) is 16.5. The van der Waals surface area contributed by atoms with Gasteiger partial charge in [-0.05, 0) is 57.4 Å². The molecule has 2 heterocycles. The molecular weight excluding hydrogens is 354 g/mol. The average molecular weight is 374 g/mol. The lowest BCUT2D eigenvalue weighted by Crippen LogP contribution is -2.42. The van der Waals surface area contributed by atoms with Crippen LogP contribution in [0.15, 0.2) is 72.8 Å². The van der Waals surface area contributed by atoms with Gasteiger partial charge in [-0.3, -0.25) is 0 Å². The molecule has 0 saturated heterocycles. The summed E-state index contributed by atoms with van der Waals surface area (Å²) in [7, 11) is 0. The predicted molar refractivity (Wildman–Crippen MR) is 117 cm³/mol. The van der Waals surface area contributed by atoms with E-state index in [2.05, 4.69) is 91.2 Å². The number of hydrogen-bond acceptors (Lipinski definition) is 1. The van der Waals surface area contributed by atoms with Gasteiger partial charge in [-0.15, -0.1) is 0 Å². The van der Waals surface area contributed by atoms with E-state index in [1.54, 1.807) is 0 Å². The number of ether oxygens (including phenoxy) is 1. The Morgan fingerprint density at radius 3 is 2.34 bits per heavy atom. The average Bonchev–Trinajstić information content (AvgIpc) is 2.98. The number of aromatic nitrogens is 1. The Morgan fingerprint density at radius 2 is 1.52 bits per heavy atom. The number of nitrogens with zero attached hydrogens (tertiary/aromatic N) is 1. The molecule has 0 unspecified atom stereocenters. The van der Waals surface area contributed by atoms with Gasteiger partial charge in [-0.1, -0.05) is 50.2 Å². The smallest absolute Gasteiger partial charge is 0.293 e. The van der Waals surface area contributed by atoms with Crippen LogP contribution in [0.25, 0.3) is 43.7 Å². The Kier molecular flexibility index (Phi) is 2.65.